The quantitative estimate of drug-likeness (QED) is 0.787. The van der Waals surface area contributed by atoms with Gasteiger partial charge in [0.05, 0.1) is 6.61 Å². The van der Waals surface area contributed by atoms with Crippen LogP contribution in [-0.2, 0) is 6.54 Å². The van der Waals surface area contributed by atoms with E-state index < -0.39 is 0 Å². The number of ether oxygens (including phenoxy) is 1. The molecule has 20 heavy (non-hydrogen) atoms. The van der Waals surface area contributed by atoms with Crippen molar-refractivity contribution < 1.29 is 4.74 Å². The Kier molecular flexibility index (Phi) is 7.03. The van der Waals surface area contributed by atoms with Gasteiger partial charge in [-0.2, -0.15) is 0 Å². The summed E-state index contributed by atoms with van der Waals surface area (Å²) < 4.78 is 5.74. The Morgan fingerprint density at radius 1 is 1.25 bits per heavy atom. The summed E-state index contributed by atoms with van der Waals surface area (Å²) in [5.41, 5.74) is 8.39. The Morgan fingerprint density at radius 2 is 1.95 bits per heavy atom. The fraction of sp³-hybridized carbons (Fsp3) is 0.647. The average Bonchev–Trinajstić information content (AvgIpc) is 2.40. The maximum absolute atomic E-state index is 5.99. The molecule has 0 aliphatic heterocycles. The highest BCUT2D eigenvalue weighted by molar-refractivity contribution is 5.38. The lowest BCUT2D eigenvalue weighted by atomic mass is 10.0. The number of nitrogens with two attached hydrogens (primary N) is 1. The average molecular weight is 278 g/mol. The Bertz CT molecular complexity index is 404. The van der Waals surface area contributed by atoms with Crippen molar-refractivity contribution in [2.45, 2.75) is 59.2 Å². The number of hydrogen-bond acceptors (Lipinski definition) is 3. The fourth-order valence-corrected chi connectivity index (χ4v) is 2.37. The maximum Gasteiger partial charge on any atom is 0.123 e. The van der Waals surface area contributed by atoms with Gasteiger partial charge < -0.3 is 10.5 Å². The SMILES string of the molecule is CCCC(C)N(C)Cc1cc(C(C)N)ccc1OCC. The van der Waals surface area contributed by atoms with Gasteiger partial charge in [0.25, 0.3) is 0 Å². The normalized spacial score (nSPS) is 14.3. The van der Waals surface area contributed by atoms with E-state index in [1.807, 2.05) is 13.8 Å². The lowest BCUT2D eigenvalue weighted by Gasteiger charge is -2.26. The van der Waals surface area contributed by atoms with Gasteiger partial charge in [-0.3, -0.25) is 4.90 Å². The zero-order valence-electron chi connectivity index (χ0n) is 13.6. The molecule has 0 spiro atoms. The fourth-order valence-electron chi connectivity index (χ4n) is 2.37. The number of rotatable bonds is 8. The summed E-state index contributed by atoms with van der Waals surface area (Å²) >= 11 is 0. The summed E-state index contributed by atoms with van der Waals surface area (Å²) in [5.74, 6) is 0.979. The molecule has 0 fully saturated rings. The zero-order valence-corrected chi connectivity index (χ0v) is 13.6. The van der Waals surface area contributed by atoms with E-state index in [2.05, 4.69) is 44.0 Å². The number of nitrogens with zero attached hydrogens (tertiary/aromatic N) is 1. The Morgan fingerprint density at radius 3 is 2.50 bits per heavy atom. The highest BCUT2D eigenvalue weighted by Crippen LogP contribution is 2.25. The van der Waals surface area contributed by atoms with Crippen LogP contribution in [0.25, 0.3) is 0 Å². The van der Waals surface area contributed by atoms with E-state index in [1.165, 1.54) is 24.0 Å². The highest BCUT2D eigenvalue weighted by Gasteiger charge is 2.13. The van der Waals surface area contributed by atoms with Crippen LogP contribution in [0.4, 0.5) is 0 Å². The molecule has 0 aliphatic rings. The molecule has 0 aromatic heterocycles. The van der Waals surface area contributed by atoms with E-state index in [-0.39, 0.29) is 6.04 Å². The molecule has 2 N–H and O–H groups in total. The molecule has 0 heterocycles. The molecule has 3 nitrogen and oxygen atoms in total. The minimum atomic E-state index is 0.0581. The summed E-state index contributed by atoms with van der Waals surface area (Å²) in [4.78, 5) is 2.38. The van der Waals surface area contributed by atoms with E-state index in [0.717, 1.165) is 12.3 Å². The molecule has 0 bridgehead atoms. The minimum Gasteiger partial charge on any atom is -0.494 e. The smallest absolute Gasteiger partial charge is 0.123 e. The monoisotopic (exact) mass is 278 g/mol. The van der Waals surface area contributed by atoms with Crippen LogP contribution in [0.5, 0.6) is 5.75 Å². The van der Waals surface area contributed by atoms with Gasteiger partial charge in [-0.05, 0) is 51.9 Å². The van der Waals surface area contributed by atoms with E-state index in [0.29, 0.717) is 12.6 Å². The van der Waals surface area contributed by atoms with Gasteiger partial charge in [0, 0.05) is 24.2 Å². The molecule has 0 saturated carbocycles. The molecular weight excluding hydrogens is 248 g/mol. The van der Waals surface area contributed by atoms with Crippen molar-refractivity contribution in [2.75, 3.05) is 13.7 Å². The van der Waals surface area contributed by atoms with Gasteiger partial charge in [0.2, 0.25) is 0 Å². The molecule has 1 rings (SSSR count). The van der Waals surface area contributed by atoms with Crippen LogP contribution < -0.4 is 10.5 Å². The predicted molar refractivity (Wildman–Crippen MR) is 86.1 cm³/mol. The van der Waals surface area contributed by atoms with E-state index >= 15 is 0 Å². The first-order chi connectivity index (χ1) is 9.49. The molecule has 0 aliphatic carbocycles. The van der Waals surface area contributed by atoms with Crippen molar-refractivity contribution in [3.05, 3.63) is 29.3 Å². The van der Waals surface area contributed by atoms with Gasteiger partial charge in [-0.15, -0.1) is 0 Å². The largest absolute Gasteiger partial charge is 0.494 e. The van der Waals surface area contributed by atoms with Gasteiger partial charge in [0.1, 0.15) is 5.75 Å². The highest BCUT2D eigenvalue weighted by atomic mass is 16.5. The Balaban J connectivity index is 2.91. The summed E-state index contributed by atoms with van der Waals surface area (Å²) in [6, 6.07) is 6.94. The molecular formula is C17H30N2O. The number of benzene rings is 1. The summed E-state index contributed by atoms with van der Waals surface area (Å²) in [6.07, 6.45) is 2.43. The van der Waals surface area contributed by atoms with Crippen molar-refractivity contribution in [3.8, 4) is 5.75 Å². The third-order valence-electron chi connectivity index (χ3n) is 3.79. The Hall–Kier alpha value is -1.06. The van der Waals surface area contributed by atoms with Crippen molar-refractivity contribution >= 4 is 0 Å². The molecule has 2 atom stereocenters. The third-order valence-corrected chi connectivity index (χ3v) is 3.79. The van der Waals surface area contributed by atoms with Crippen LogP contribution in [0.2, 0.25) is 0 Å². The maximum atomic E-state index is 5.99. The van der Waals surface area contributed by atoms with Crippen molar-refractivity contribution in [2.24, 2.45) is 5.73 Å². The molecule has 0 radical (unpaired) electrons. The summed E-state index contributed by atoms with van der Waals surface area (Å²) in [6.45, 7) is 10.1. The summed E-state index contributed by atoms with van der Waals surface area (Å²) in [7, 11) is 2.18. The van der Waals surface area contributed by atoms with Crippen LogP contribution in [-0.4, -0.2) is 24.6 Å². The molecule has 0 amide bonds. The van der Waals surface area contributed by atoms with Crippen molar-refractivity contribution in [1.82, 2.24) is 4.90 Å². The zero-order chi connectivity index (χ0) is 15.1. The first kappa shape index (κ1) is 17.0. The van der Waals surface area contributed by atoms with Crippen molar-refractivity contribution in [3.63, 3.8) is 0 Å². The van der Waals surface area contributed by atoms with Crippen LogP contribution in [0, 0.1) is 0 Å². The van der Waals surface area contributed by atoms with Crippen LogP contribution in [0.1, 0.15) is 57.7 Å². The predicted octanol–water partition coefficient (Wildman–Crippen LogP) is 3.73. The lowest BCUT2D eigenvalue weighted by molar-refractivity contribution is 0.231. The molecule has 3 heteroatoms. The molecule has 0 saturated heterocycles. The standard InChI is InChI=1S/C17H30N2O/c1-6-8-13(3)19(5)12-16-11-15(14(4)18)9-10-17(16)20-7-2/h9-11,13-14H,6-8,12,18H2,1-5H3. The molecule has 2 unspecified atom stereocenters. The second-order valence-corrected chi connectivity index (χ2v) is 5.64. The van der Waals surface area contributed by atoms with Gasteiger partial charge in [-0.1, -0.05) is 19.4 Å². The van der Waals surface area contributed by atoms with Gasteiger partial charge in [0.15, 0.2) is 0 Å². The molecule has 114 valence electrons. The van der Waals surface area contributed by atoms with E-state index in [1.54, 1.807) is 0 Å². The summed E-state index contributed by atoms with van der Waals surface area (Å²) in [5, 5.41) is 0. The van der Waals surface area contributed by atoms with Crippen LogP contribution in [0.15, 0.2) is 18.2 Å². The molecule has 1 aromatic rings. The van der Waals surface area contributed by atoms with Gasteiger partial charge >= 0.3 is 0 Å². The lowest BCUT2D eigenvalue weighted by Crippen LogP contribution is -2.28. The first-order valence-electron chi connectivity index (χ1n) is 7.71. The van der Waals surface area contributed by atoms with Crippen LogP contribution in [0.3, 0.4) is 0 Å². The number of hydrogen-bond donors (Lipinski definition) is 1. The van der Waals surface area contributed by atoms with Gasteiger partial charge in [-0.25, -0.2) is 0 Å². The van der Waals surface area contributed by atoms with Crippen molar-refractivity contribution in [1.29, 1.82) is 0 Å². The first-order valence-corrected chi connectivity index (χ1v) is 7.71. The Labute approximate surface area is 124 Å². The topological polar surface area (TPSA) is 38.5 Å². The minimum absolute atomic E-state index is 0.0581. The third kappa shape index (κ3) is 4.80. The van der Waals surface area contributed by atoms with Crippen LogP contribution >= 0.6 is 0 Å². The molecule has 1 aromatic carbocycles. The second kappa shape index (κ2) is 8.28. The van der Waals surface area contributed by atoms with E-state index in [4.69, 9.17) is 10.5 Å². The van der Waals surface area contributed by atoms with E-state index in [9.17, 15) is 0 Å². The second-order valence-electron chi connectivity index (χ2n) is 5.64.